The number of thiazole rings is 1. The predicted molar refractivity (Wildman–Crippen MR) is 80.2 cm³/mol. The van der Waals surface area contributed by atoms with E-state index in [0.29, 0.717) is 5.69 Å². The summed E-state index contributed by atoms with van der Waals surface area (Å²) in [5, 5.41) is 10.5. The third kappa shape index (κ3) is 3.40. The molecule has 0 amide bonds. The number of hydrogen-bond donors (Lipinski definition) is 1. The second kappa shape index (κ2) is 5.82. The van der Waals surface area contributed by atoms with Crippen LogP contribution in [0.25, 0.3) is 0 Å². The zero-order chi connectivity index (χ0) is 15.6. The molecule has 0 saturated heterocycles. The van der Waals surface area contributed by atoms with Crippen LogP contribution < -0.4 is 4.31 Å². The van der Waals surface area contributed by atoms with Crippen LogP contribution in [0.2, 0.25) is 0 Å². The van der Waals surface area contributed by atoms with Gasteiger partial charge in [0.2, 0.25) is 0 Å². The van der Waals surface area contributed by atoms with Crippen LogP contribution in [0, 0.1) is 6.92 Å². The van der Waals surface area contributed by atoms with E-state index < -0.39 is 16.0 Å². The van der Waals surface area contributed by atoms with E-state index in [9.17, 15) is 13.2 Å². The van der Waals surface area contributed by atoms with Gasteiger partial charge in [0.1, 0.15) is 0 Å². The minimum Gasteiger partial charge on any atom is -0.481 e. The number of aromatic nitrogens is 1. The van der Waals surface area contributed by atoms with Gasteiger partial charge in [-0.25, -0.2) is 17.7 Å². The van der Waals surface area contributed by atoms with Crippen LogP contribution in [0.1, 0.15) is 11.3 Å². The van der Waals surface area contributed by atoms with Gasteiger partial charge in [0.05, 0.1) is 17.0 Å². The van der Waals surface area contributed by atoms with Gasteiger partial charge < -0.3 is 5.11 Å². The summed E-state index contributed by atoms with van der Waals surface area (Å²) in [7, 11) is -2.29. The van der Waals surface area contributed by atoms with Crippen LogP contribution in [-0.4, -0.2) is 31.5 Å². The molecule has 2 rings (SSSR count). The topological polar surface area (TPSA) is 87.6 Å². The van der Waals surface area contributed by atoms with Crippen molar-refractivity contribution in [1.29, 1.82) is 0 Å². The molecule has 0 radical (unpaired) electrons. The van der Waals surface area contributed by atoms with Crippen molar-refractivity contribution in [2.24, 2.45) is 0 Å². The lowest BCUT2D eigenvalue weighted by Gasteiger charge is -2.16. The van der Waals surface area contributed by atoms with Crippen LogP contribution in [0.5, 0.6) is 0 Å². The van der Waals surface area contributed by atoms with Crippen molar-refractivity contribution in [3.63, 3.8) is 0 Å². The molecule has 0 unspecified atom stereocenters. The average Bonchev–Trinajstić information content (AvgIpc) is 2.85. The molecule has 1 aromatic carbocycles. The Labute approximate surface area is 126 Å². The molecule has 0 saturated carbocycles. The van der Waals surface area contributed by atoms with E-state index in [0.717, 1.165) is 21.2 Å². The van der Waals surface area contributed by atoms with Gasteiger partial charge in [-0.05, 0) is 19.1 Å². The first-order chi connectivity index (χ1) is 9.80. The molecular formula is C13H14N2O4S2. The monoisotopic (exact) mass is 326 g/mol. The largest absolute Gasteiger partial charge is 0.481 e. The quantitative estimate of drug-likeness (QED) is 0.907. The first-order valence-electron chi connectivity index (χ1n) is 6.02. The number of aliphatic carboxylic acids is 1. The summed E-state index contributed by atoms with van der Waals surface area (Å²) in [5.41, 5.74) is 1.31. The minimum absolute atomic E-state index is 0.172. The summed E-state index contributed by atoms with van der Waals surface area (Å²) in [5.74, 6) is -1.00. The molecule has 0 aliphatic rings. The van der Waals surface area contributed by atoms with Gasteiger partial charge in [-0.1, -0.05) is 17.7 Å². The number of nitrogens with zero attached hydrogens (tertiary/aromatic N) is 2. The highest BCUT2D eigenvalue weighted by Gasteiger charge is 2.23. The van der Waals surface area contributed by atoms with Gasteiger partial charge in [-0.3, -0.25) is 4.79 Å². The zero-order valence-corrected chi connectivity index (χ0v) is 13.1. The van der Waals surface area contributed by atoms with E-state index in [1.165, 1.54) is 19.2 Å². The number of sulfonamides is 1. The Morgan fingerprint density at radius 1 is 1.33 bits per heavy atom. The molecule has 1 heterocycles. The van der Waals surface area contributed by atoms with Gasteiger partial charge in [0.15, 0.2) is 5.13 Å². The highest BCUT2D eigenvalue weighted by Crippen LogP contribution is 2.25. The van der Waals surface area contributed by atoms with Crippen molar-refractivity contribution < 1.29 is 18.3 Å². The normalized spacial score (nSPS) is 11.3. The van der Waals surface area contributed by atoms with Gasteiger partial charge in [0.25, 0.3) is 10.0 Å². The van der Waals surface area contributed by atoms with Crippen LogP contribution in [-0.2, 0) is 21.2 Å². The lowest BCUT2D eigenvalue weighted by Crippen LogP contribution is -2.26. The number of carboxylic acid groups (broad SMARTS) is 1. The lowest BCUT2D eigenvalue weighted by molar-refractivity contribution is -0.136. The van der Waals surface area contributed by atoms with E-state index in [1.54, 1.807) is 17.5 Å². The van der Waals surface area contributed by atoms with Gasteiger partial charge in [-0.2, -0.15) is 0 Å². The van der Waals surface area contributed by atoms with Crippen LogP contribution in [0.3, 0.4) is 0 Å². The van der Waals surface area contributed by atoms with E-state index in [4.69, 9.17) is 5.11 Å². The molecule has 21 heavy (non-hydrogen) atoms. The second-order valence-electron chi connectivity index (χ2n) is 4.48. The molecule has 0 atom stereocenters. The van der Waals surface area contributed by atoms with E-state index in [-0.39, 0.29) is 16.4 Å². The number of hydrogen-bond acceptors (Lipinski definition) is 5. The van der Waals surface area contributed by atoms with E-state index >= 15 is 0 Å². The number of aryl methyl sites for hydroxylation is 1. The Hall–Kier alpha value is -1.93. The maximum Gasteiger partial charge on any atom is 0.309 e. The van der Waals surface area contributed by atoms with Crippen LogP contribution in [0.4, 0.5) is 5.13 Å². The summed E-state index contributed by atoms with van der Waals surface area (Å²) in [4.78, 5) is 14.8. The third-order valence-electron chi connectivity index (χ3n) is 2.82. The molecule has 2 aromatic rings. The van der Waals surface area contributed by atoms with Gasteiger partial charge in [0, 0.05) is 12.4 Å². The summed E-state index contributed by atoms with van der Waals surface area (Å²) in [6.07, 6.45) is -0.227. The molecule has 1 N–H and O–H groups in total. The summed E-state index contributed by atoms with van der Waals surface area (Å²) >= 11 is 1.10. The van der Waals surface area contributed by atoms with E-state index in [2.05, 4.69) is 4.98 Å². The number of carbonyl (C=O) groups is 1. The SMILES string of the molecule is Cc1ccc(S(=O)(=O)N(C)c2nc(CC(=O)O)cs2)cc1. The number of carboxylic acids is 1. The zero-order valence-electron chi connectivity index (χ0n) is 11.5. The molecular weight excluding hydrogens is 312 g/mol. The Morgan fingerprint density at radius 2 is 1.95 bits per heavy atom. The fourth-order valence-corrected chi connectivity index (χ4v) is 3.81. The molecule has 8 heteroatoms. The molecule has 112 valence electrons. The van der Waals surface area contributed by atoms with Gasteiger partial charge >= 0.3 is 5.97 Å². The lowest BCUT2D eigenvalue weighted by atomic mass is 10.2. The maximum atomic E-state index is 12.5. The Balaban J connectivity index is 2.29. The predicted octanol–water partition coefficient (Wildman–Crippen LogP) is 1.90. The molecule has 6 nitrogen and oxygen atoms in total. The fourth-order valence-electron chi connectivity index (χ4n) is 1.65. The van der Waals surface area contributed by atoms with Crippen LogP contribution in [0.15, 0.2) is 34.5 Å². The number of anilines is 1. The first-order valence-corrected chi connectivity index (χ1v) is 8.34. The molecule has 0 bridgehead atoms. The standard InChI is InChI=1S/C13H14N2O4S2/c1-9-3-5-11(6-4-9)21(18,19)15(2)13-14-10(8-20-13)7-12(16)17/h3-6,8H,7H2,1-2H3,(H,16,17). The van der Waals surface area contributed by atoms with Gasteiger partial charge in [-0.15, -0.1) is 11.3 Å². The summed E-state index contributed by atoms with van der Waals surface area (Å²) < 4.78 is 26.0. The van der Waals surface area contributed by atoms with Crippen molar-refractivity contribution in [3.8, 4) is 0 Å². The summed E-state index contributed by atoms with van der Waals surface area (Å²) in [6, 6.07) is 6.51. The Kier molecular flexibility index (Phi) is 4.29. The molecule has 0 aliphatic heterocycles. The fraction of sp³-hybridized carbons (Fsp3) is 0.231. The highest BCUT2D eigenvalue weighted by molar-refractivity contribution is 7.93. The summed E-state index contributed by atoms with van der Waals surface area (Å²) in [6.45, 7) is 1.87. The van der Waals surface area contributed by atoms with Crippen molar-refractivity contribution in [2.45, 2.75) is 18.2 Å². The van der Waals surface area contributed by atoms with Crippen LogP contribution >= 0.6 is 11.3 Å². The van der Waals surface area contributed by atoms with Crippen molar-refractivity contribution >= 4 is 32.5 Å². The number of rotatable bonds is 5. The van der Waals surface area contributed by atoms with Crippen molar-refractivity contribution in [3.05, 3.63) is 40.9 Å². The Morgan fingerprint density at radius 3 is 2.52 bits per heavy atom. The van der Waals surface area contributed by atoms with Crippen molar-refractivity contribution in [1.82, 2.24) is 4.98 Å². The smallest absolute Gasteiger partial charge is 0.309 e. The van der Waals surface area contributed by atoms with Crippen molar-refractivity contribution in [2.75, 3.05) is 11.4 Å². The molecule has 0 fully saturated rings. The maximum absolute atomic E-state index is 12.5. The molecule has 0 spiro atoms. The first kappa shape index (κ1) is 15.5. The third-order valence-corrected chi connectivity index (χ3v) is 5.66. The average molecular weight is 326 g/mol. The Bertz CT molecular complexity index is 751. The van der Waals surface area contributed by atoms with E-state index in [1.807, 2.05) is 6.92 Å². The highest BCUT2D eigenvalue weighted by atomic mass is 32.2. The molecule has 1 aromatic heterocycles. The second-order valence-corrected chi connectivity index (χ2v) is 7.28. The minimum atomic E-state index is -3.69. The molecule has 0 aliphatic carbocycles. The number of benzene rings is 1.